The highest BCUT2D eigenvalue weighted by Gasteiger charge is 2.04. The molecule has 0 amide bonds. The SMILES string of the molecule is CCCn1ccn(Cc2ccc3ccccc3n2)c1=O. The van der Waals surface area contributed by atoms with Crippen LogP contribution in [0, 0.1) is 0 Å². The van der Waals surface area contributed by atoms with Crippen LogP contribution >= 0.6 is 0 Å². The van der Waals surface area contributed by atoms with Crippen LogP contribution in [0.1, 0.15) is 19.0 Å². The molecule has 0 saturated carbocycles. The van der Waals surface area contributed by atoms with Crippen molar-refractivity contribution in [2.24, 2.45) is 0 Å². The summed E-state index contributed by atoms with van der Waals surface area (Å²) in [6.45, 7) is 3.34. The fourth-order valence-electron chi connectivity index (χ4n) is 2.36. The predicted molar refractivity (Wildman–Crippen MR) is 79.8 cm³/mol. The number of fused-ring (bicyclic) bond motifs is 1. The number of hydrogen-bond donors (Lipinski definition) is 0. The van der Waals surface area contributed by atoms with Crippen molar-refractivity contribution in [3.8, 4) is 0 Å². The third-order valence-corrected chi connectivity index (χ3v) is 3.37. The van der Waals surface area contributed by atoms with E-state index in [1.807, 2.05) is 48.8 Å². The first-order chi connectivity index (χ1) is 9.78. The van der Waals surface area contributed by atoms with E-state index in [2.05, 4.69) is 11.9 Å². The lowest BCUT2D eigenvalue weighted by molar-refractivity contribution is 0.621. The second-order valence-corrected chi connectivity index (χ2v) is 4.90. The number of imidazole rings is 1. The molecule has 20 heavy (non-hydrogen) atoms. The molecule has 4 heteroatoms. The molecule has 3 aromatic rings. The molecule has 0 radical (unpaired) electrons. The summed E-state index contributed by atoms with van der Waals surface area (Å²) in [5.74, 6) is 0. The first-order valence-corrected chi connectivity index (χ1v) is 6.88. The molecule has 2 aromatic heterocycles. The van der Waals surface area contributed by atoms with Crippen molar-refractivity contribution in [2.45, 2.75) is 26.4 Å². The van der Waals surface area contributed by atoms with Gasteiger partial charge in [0.05, 0.1) is 17.8 Å². The summed E-state index contributed by atoms with van der Waals surface area (Å²) in [4.78, 5) is 16.7. The zero-order chi connectivity index (χ0) is 13.9. The summed E-state index contributed by atoms with van der Waals surface area (Å²) in [5.41, 5.74) is 1.90. The van der Waals surface area contributed by atoms with Crippen molar-refractivity contribution >= 4 is 10.9 Å². The van der Waals surface area contributed by atoms with Gasteiger partial charge in [0.25, 0.3) is 0 Å². The molecule has 0 bridgehead atoms. The van der Waals surface area contributed by atoms with Gasteiger partial charge >= 0.3 is 5.69 Å². The van der Waals surface area contributed by atoms with Crippen LogP contribution in [0.25, 0.3) is 10.9 Å². The number of aryl methyl sites for hydroxylation is 1. The van der Waals surface area contributed by atoms with E-state index in [0.29, 0.717) is 6.54 Å². The number of hydrogen-bond acceptors (Lipinski definition) is 2. The highest BCUT2D eigenvalue weighted by molar-refractivity contribution is 5.78. The molecule has 0 spiro atoms. The van der Waals surface area contributed by atoms with E-state index in [-0.39, 0.29) is 5.69 Å². The summed E-state index contributed by atoms with van der Waals surface area (Å²) >= 11 is 0. The van der Waals surface area contributed by atoms with Gasteiger partial charge in [0, 0.05) is 24.3 Å². The molecule has 0 aliphatic rings. The Bertz CT molecular complexity index is 786. The van der Waals surface area contributed by atoms with Crippen LogP contribution < -0.4 is 5.69 Å². The molecule has 0 aliphatic carbocycles. The lowest BCUT2D eigenvalue weighted by Crippen LogP contribution is -2.24. The molecule has 0 aliphatic heterocycles. The van der Waals surface area contributed by atoms with Crippen LogP contribution in [0.2, 0.25) is 0 Å². The number of benzene rings is 1. The summed E-state index contributed by atoms with van der Waals surface area (Å²) < 4.78 is 3.44. The minimum absolute atomic E-state index is 0.0295. The van der Waals surface area contributed by atoms with Crippen molar-refractivity contribution in [2.75, 3.05) is 0 Å². The third kappa shape index (κ3) is 2.37. The van der Waals surface area contributed by atoms with E-state index in [4.69, 9.17) is 0 Å². The first-order valence-electron chi connectivity index (χ1n) is 6.88. The molecule has 0 fully saturated rings. The van der Waals surface area contributed by atoms with Crippen LogP contribution in [-0.4, -0.2) is 14.1 Å². The molecule has 1 aromatic carbocycles. The monoisotopic (exact) mass is 267 g/mol. The van der Waals surface area contributed by atoms with Crippen molar-refractivity contribution in [3.63, 3.8) is 0 Å². The van der Waals surface area contributed by atoms with Gasteiger partial charge in [-0.15, -0.1) is 0 Å². The molecular weight excluding hydrogens is 250 g/mol. The van der Waals surface area contributed by atoms with Crippen molar-refractivity contribution in [3.05, 3.63) is 65.0 Å². The smallest absolute Gasteiger partial charge is 0.299 e. The number of pyridine rings is 1. The standard InChI is InChI=1S/C16H17N3O/c1-2-9-18-10-11-19(16(18)20)12-14-8-7-13-5-3-4-6-15(13)17-14/h3-8,10-11H,2,9,12H2,1H3. The quantitative estimate of drug-likeness (QED) is 0.729. The average molecular weight is 267 g/mol. The van der Waals surface area contributed by atoms with Crippen molar-refractivity contribution < 1.29 is 0 Å². The molecular formula is C16H17N3O. The zero-order valence-corrected chi connectivity index (χ0v) is 11.5. The highest BCUT2D eigenvalue weighted by Crippen LogP contribution is 2.12. The van der Waals surface area contributed by atoms with Gasteiger partial charge in [0.2, 0.25) is 0 Å². The Labute approximate surface area is 117 Å². The number of para-hydroxylation sites is 1. The van der Waals surface area contributed by atoms with Gasteiger partial charge < -0.3 is 0 Å². The number of rotatable bonds is 4. The molecule has 102 valence electrons. The summed E-state index contributed by atoms with van der Waals surface area (Å²) in [6, 6.07) is 12.0. The maximum atomic E-state index is 12.1. The van der Waals surface area contributed by atoms with E-state index in [9.17, 15) is 4.79 Å². The van der Waals surface area contributed by atoms with Crippen LogP contribution in [0.3, 0.4) is 0 Å². The summed E-state index contributed by atoms with van der Waals surface area (Å²) in [6.07, 6.45) is 4.62. The molecule has 0 saturated heterocycles. The normalized spacial score (nSPS) is 11.1. The Morgan fingerprint density at radius 2 is 1.85 bits per heavy atom. The average Bonchev–Trinajstić information content (AvgIpc) is 2.81. The topological polar surface area (TPSA) is 39.8 Å². The predicted octanol–water partition coefficient (Wildman–Crippen LogP) is 2.66. The minimum atomic E-state index is 0.0295. The highest BCUT2D eigenvalue weighted by atomic mass is 16.1. The molecule has 2 heterocycles. The minimum Gasteiger partial charge on any atom is -0.299 e. The molecule has 0 N–H and O–H groups in total. The van der Waals surface area contributed by atoms with Gasteiger partial charge in [-0.25, -0.2) is 4.79 Å². The molecule has 4 nitrogen and oxygen atoms in total. The van der Waals surface area contributed by atoms with E-state index >= 15 is 0 Å². The second-order valence-electron chi connectivity index (χ2n) is 4.90. The maximum Gasteiger partial charge on any atom is 0.328 e. The van der Waals surface area contributed by atoms with Gasteiger partial charge in [-0.3, -0.25) is 14.1 Å². The van der Waals surface area contributed by atoms with Crippen LogP contribution in [0.4, 0.5) is 0 Å². The lowest BCUT2D eigenvalue weighted by atomic mass is 10.2. The lowest BCUT2D eigenvalue weighted by Gasteiger charge is -2.03. The molecule has 3 rings (SSSR count). The van der Waals surface area contributed by atoms with Gasteiger partial charge in [0.1, 0.15) is 0 Å². The van der Waals surface area contributed by atoms with Crippen LogP contribution in [0.5, 0.6) is 0 Å². The van der Waals surface area contributed by atoms with Crippen LogP contribution in [0.15, 0.2) is 53.6 Å². The first kappa shape index (κ1) is 12.7. The fourth-order valence-corrected chi connectivity index (χ4v) is 2.36. The Kier molecular flexibility index (Phi) is 3.37. The Hall–Kier alpha value is -2.36. The summed E-state index contributed by atoms with van der Waals surface area (Å²) in [7, 11) is 0. The second kappa shape index (κ2) is 5.33. The Morgan fingerprint density at radius 3 is 2.70 bits per heavy atom. The van der Waals surface area contributed by atoms with E-state index in [0.717, 1.165) is 29.6 Å². The molecule has 0 atom stereocenters. The number of nitrogens with zero attached hydrogens (tertiary/aromatic N) is 3. The van der Waals surface area contributed by atoms with E-state index < -0.39 is 0 Å². The fraction of sp³-hybridized carbons (Fsp3) is 0.250. The van der Waals surface area contributed by atoms with Gasteiger partial charge in [-0.1, -0.05) is 31.2 Å². The largest absolute Gasteiger partial charge is 0.328 e. The Morgan fingerprint density at radius 1 is 1.05 bits per heavy atom. The van der Waals surface area contributed by atoms with Gasteiger partial charge in [0.15, 0.2) is 0 Å². The van der Waals surface area contributed by atoms with Gasteiger partial charge in [-0.05, 0) is 18.6 Å². The van der Waals surface area contributed by atoms with E-state index in [1.165, 1.54) is 0 Å². The van der Waals surface area contributed by atoms with E-state index in [1.54, 1.807) is 9.13 Å². The Balaban J connectivity index is 1.91. The zero-order valence-electron chi connectivity index (χ0n) is 11.5. The third-order valence-electron chi connectivity index (χ3n) is 3.37. The van der Waals surface area contributed by atoms with Crippen molar-refractivity contribution in [1.29, 1.82) is 0 Å². The van der Waals surface area contributed by atoms with Crippen molar-refractivity contribution in [1.82, 2.24) is 14.1 Å². The number of aromatic nitrogens is 3. The maximum absolute atomic E-state index is 12.1. The summed E-state index contributed by atoms with van der Waals surface area (Å²) in [5, 5.41) is 1.12. The van der Waals surface area contributed by atoms with Gasteiger partial charge in [-0.2, -0.15) is 0 Å². The van der Waals surface area contributed by atoms with Crippen LogP contribution in [-0.2, 0) is 13.1 Å². The molecule has 0 unspecified atom stereocenters.